The monoisotopic (exact) mass is 189 g/mol. The average molecular weight is 189 g/mol. The molecule has 0 aromatic heterocycles. The number of aldehydes is 1. The van der Waals surface area contributed by atoms with Crippen LogP contribution in [0.15, 0.2) is 23.2 Å². The third-order valence-corrected chi connectivity index (χ3v) is 2.32. The van der Waals surface area contributed by atoms with E-state index in [1.807, 2.05) is 39.0 Å². The van der Waals surface area contributed by atoms with E-state index in [9.17, 15) is 4.79 Å². The molecule has 0 radical (unpaired) electrons. The lowest BCUT2D eigenvalue weighted by atomic mass is 10.0. The van der Waals surface area contributed by atoms with E-state index < -0.39 is 0 Å². The summed E-state index contributed by atoms with van der Waals surface area (Å²) in [7, 11) is 0. The number of benzene rings is 1. The van der Waals surface area contributed by atoms with Crippen LogP contribution in [0.4, 0.5) is 0 Å². The highest BCUT2D eigenvalue weighted by Gasteiger charge is 2.06. The first-order chi connectivity index (χ1) is 6.70. The van der Waals surface area contributed by atoms with Crippen molar-refractivity contribution < 1.29 is 4.79 Å². The summed E-state index contributed by atoms with van der Waals surface area (Å²) in [6, 6.07) is 5.92. The van der Waals surface area contributed by atoms with Crippen LogP contribution in [0.25, 0.3) is 0 Å². The maximum absolute atomic E-state index is 10.8. The van der Waals surface area contributed by atoms with Crippen LogP contribution >= 0.6 is 0 Å². The lowest BCUT2D eigenvalue weighted by molar-refractivity contribution is -0.102. The van der Waals surface area contributed by atoms with Crippen molar-refractivity contribution in [3.63, 3.8) is 0 Å². The minimum Gasteiger partial charge on any atom is -0.296 e. The van der Waals surface area contributed by atoms with E-state index in [1.165, 1.54) is 5.56 Å². The Kier molecular flexibility index (Phi) is 3.57. The van der Waals surface area contributed by atoms with E-state index in [-0.39, 0.29) is 0 Å². The van der Waals surface area contributed by atoms with Gasteiger partial charge in [0.2, 0.25) is 0 Å². The Morgan fingerprint density at radius 1 is 1.43 bits per heavy atom. The van der Waals surface area contributed by atoms with Gasteiger partial charge in [0.25, 0.3) is 0 Å². The lowest BCUT2D eigenvalue weighted by Gasteiger charge is -2.06. The maximum atomic E-state index is 10.8. The number of aryl methyl sites for hydroxylation is 1. The minimum absolute atomic E-state index is 0.550. The number of aliphatic imine (C=N–C) groups is 1. The molecule has 0 bridgehead atoms. The van der Waals surface area contributed by atoms with E-state index in [1.54, 1.807) is 0 Å². The van der Waals surface area contributed by atoms with Crippen molar-refractivity contribution in [2.75, 3.05) is 6.54 Å². The number of carbonyl (C=O) groups excluding carboxylic acids is 1. The van der Waals surface area contributed by atoms with Crippen LogP contribution in [0.2, 0.25) is 0 Å². The first kappa shape index (κ1) is 10.6. The zero-order valence-electron chi connectivity index (χ0n) is 8.87. The van der Waals surface area contributed by atoms with Gasteiger partial charge in [0.15, 0.2) is 6.29 Å². The van der Waals surface area contributed by atoms with Crippen LogP contribution in [-0.4, -0.2) is 18.5 Å². The van der Waals surface area contributed by atoms with Crippen LogP contribution in [0.1, 0.15) is 23.6 Å². The highest BCUT2D eigenvalue weighted by atomic mass is 16.1. The summed E-state index contributed by atoms with van der Waals surface area (Å²) >= 11 is 0. The predicted octanol–water partition coefficient (Wildman–Crippen LogP) is 2.31. The van der Waals surface area contributed by atoms with Crippen LogP contribution < -0.4 is 0 Å². The first-order valence-electron chi connectivity index (χ1n) is 4.77. The summed E-state index contributed by atoms with van der Waals surface area (Å²) < 4.78 is 0. The number of carbonyl (C=O) groups is 1. The molecular weight excluding hydrogens is 174 g/mol. The molecule has 74 valence electrons. The van der Waals surface area contributed by atoms with Crippen molar-refractivity contribution in [3.05, 3.63) is 34.9 Å². The Balaban J connectivity index is 3.24. The van der Waals surface area contributed by atoms with E-state index in [0.29, 0.717) is 12.3 Å². The van der Waals surface area contributed by atoms with Gasteiger partial charge in [0, 0.05) is 12.1 Å². The van der Waals surface area contributed by atoms with E-state index in [0.717, 1.165) is 17.4 Å². The molecule has 1 rings (SSSR count). The second kappa shape index (κ2) is 4.70. The fourth-order valence-electron chi connectivity index (χ4n) is 1.38. The largest absolute Gasteiger partial charge is 0.296 e. The van der Waals surface area contributed by atoms with Crippen LogP contribution in [0.5, 0.6) is 0 Å². The molecule has 0 saturated carbocycles. The molecule has 2 nitrogen and oxygen atoms in total. The van der Waals surface area contributed by atoms with Gasteiger partial charge in [-0.2, -0.15) is 0 Å². The fraction of sp³-hybridized carbons (Fsp3) is 0.333. The van der Waals surface area contributed by atoms with Crippen LogP contribution in [0, 0.1) is 13.8 Å². The standard InChI is InChI=1S/C12H15NO/c1-4-13-12(8-14)11-7-5-6-9(2)10(11)3/h5-8H,4H2,1-3H3. The SMILES string of the molecule is CCN=C(C=O)c1cccc(C)c1C. The molecule has 0 saturated heterocycles. The molecule has 0 unspecified atom stereocenters. The van der Waals surface area contributed by atoms with Gasteiger partial charge in [-0.3, -0.25) is 9.79 Å². The van der Waals surface area contributed by atoms with Gasteiger partial charge in [-0.25, -0.2) is 0 Å². The van der Waals surface area contributed by atoms with Gasteiger partial charge < -0.3 is 0 Å². The number of hydrogen-bond acceptors (Lipinski definition) is 2. The highest BCUT2D eigenvalue weighted by molar-refractivity contribution is 6.36. The van der Waals surface area contributed by atoms with Crippen molar-refractivity contribution >= 4 is 12.0 Å². The smallest absolute Gasteiger partial charge is 0.168 e. The molecule has 0 fully saturated rings. The molecule has 0 aliphatic heterocycles. The number of hydrogen-bond donors (Lipinski definition) is 0. The Morgan fingerprint density at radius 2 is 2.14 bits per heavy atom. The summed E-state index contributed by atoms with van der Waals surface area (Å²) in [5, 5.41) is 0. The van der Waals surface area contributed by atoms with Gasteiger partial charge in [0.05, 0.1) is 0 Å². The molecule has 1 aromatic carbocycles. The molecule has 1 aromatic rings. The second-order valence-electron chi connectivity index (χ2n) is 3.22. The van der Waals surface area contributed by atoms with Crippen molar-refractivity contribution in [3.8, 4) is 0 Å². The van der Waals surface area contributed by atoms with Crippen molar-refractivity contribution in [2.24, 2.45) is 4.99 Å². The summed E-state index contributed by atoms with van der Waals surface area (Å²) in [5.74, 6) is 0. The predicted molar refractivity (Wildman–Crippen MR) is 59.1 cm³/mol. The number of nitrogens with zero attached hydrogens (tertiary/aromatic N) is 1. The van der Waals surface area contributed by atoms with E-state index >= 15 is 0 Å². The summed E-state index contributed by atoms with van der Waals surface area (Å²) in [4.78, 5) is 15.0. The fourth-order valence-corrected chi connectivity index (χ4v) is 1.38. The molecule has 0 spiro atoms. The molecule has 0 N–H and O–H groups in total. The Hall–Kier alpha value is -1.44. The minimum atomic E-state index is 0.550. The topological polar surface area (TPSA) is 29.4 Å². The van der Waals surface area contributed by atoms with Crippen molar-refractivity contribution in [1.82, 2.24) is 0 Å². The van der Waals surface area contributed by atoms with E-state index in [2.05, 4.69) is 4.99 Å². The van der Waals surface area contributed by atoms with Crippen molar-refractivity contribution in [1.29, 1.82) is 0 Å². The molecule has 0 heterocycles. The second-order valence-corrected chi connectivity index (χ2v) is 3.22. The van der Waals surface area contributed by atoms with Crippen LogP contribution in [0.3, 0.4) is 0 Å². The normalized spacial score (nSPS) is 11.5. The molecular formula is C12H15NO. The van der Waals surface area contributed by atoms with Crippen LogP contribution in [-0.2, 0) is 4.79 Å². The average Bonchev–Trinajstić information content (AvgIpc) is 2.19. The zero-order valence-corrected chi connectivity index (χ0v) is 8.87. The van der Waals surface area contributed by atoms with Gasteiger partial charge in [-0.05, 0) is 31.9 Å². The third kappa shape index (κ3) is 2.08. The Morgan fingerprint density at radius 3 is 2.71 bits per heavy atom. The molecule has 2 heteroatoms. The molecule has 0 aliphatic carbocycles. The highest BCUT2D eigenvalue weighted by Crippen LogP contribution is 2.13. The quantitative estimate of drug-likeness (QED) is 0.530. The first-order valence-corrected chi connectivity index (χ1v) is 4.77. The maximum Gasteiger partial charge on any atom is 0.168 e. The third-order valence-electron chi connectivity index (χ3n) is 2.32. The molecule has 0 amide bonds. The number of rotatable bonds is 3. The Labute approximate surface area is 84.7 Å². The Bertz CT molecular complexity index is 367. The summed E-state index contributed by atoms with van der Waals surface area (Å²) in [6.07, 6.45) is 0.825. The lowest BCUT2D eigenvalue weighted by Crippen LogP contribution is -2.06. The molecule has 0 atom stereocenters. The van der Waals surface area contributed by atoms with Gasteiger partial charge in [0.1, 0.15) is 5.71 Å². The van der Waals surface area contributed by atoms with Crippen molar-refractivity contribution in [2.45, 2.75) is 20.8 Å². The molecule has 0 aliphatic rings. The molecule has 14 heavy (non-hydrogen) atoms. The summed E-state index contributed by atoms with van der Waals surface area (Å²) in [6.45, 7) is 6.61. The zero-order chi connectivity index (χ0) is 10.6. The van der Waals surface area contributed by atoms with Gasteiger partial charge in [-0.15, -0.1) is 0 Å². The van der Waals surface area contributed by atoms with Gasteiger partial charge >= 0.3 is 0 Å². The van der Waals surface area contributed by atoms with Gasteiger partial charge in [-0.1, -0.05) is 18.2 Å². The summed E-state index contributed by atoms with van der Waals surface area (Å²) in [5.41, 5.74) is 3.82. The van der Waals surface area contributed by atoms with E-state index in [4.69, 9.17) is 0 Å².